The molecular weight excluding hydrogens is 300 g/mol. The van der Waals surface area contributed by atoms with Crippen molar-refractivity contribution in [2.24, 2.45) is 5.92 Å². The topological polar surface area (TPSA) is 40.6 Å². The fourth-order valence-electron chi connectivity index (χ4n) is 3.48. The lowest BCUT2D eigenvalue weighted by molar-refractivity contribution is -0.137. The number of rotatable bonds is 2. The Hall–Kier alpha value is -2.28. The molecule has 0 aromatic heterocycles. The van der Waals surface area contributed by atoms with E-state index in [9.17, 15) is 9.59 Å². The Balaban J connectivity index is 1.47. The van der Waals surface area contributed by atoms with E-state index in [-0.39, 0.29) is 11.8 Å². The van der Waals surface area contributed by atoms with Gasteiger partial charge in [0, 0.05) is 44.1 Å². The third-order valence-electron chi connectivity index (χ3n) is 4.95. The number of carbonyl (C=O) groups is 2. The minimum absolute atomic E-state index is 0.151. The van der Waals surface area contributed by atoms with Crippen molar-refractivity contribution in [3.05, 3.63) is 35.9 Å². The number of hydrogen-bond acceptors (Lipinski definition) is 2. The lowest BCUT2D eigenvalue weighted by Crippen LogP contribution is -2.50. The summed E-state index contributed by atoms with van der Waals surface area (Å²) >= 11 is 0. The Morgan fingerprint density at radius 2 is 1.58 bits per heavy atom. The van der Waals surface area contributed by atoms with Gasteiger partial charge in [-0.3, -0.25) is 9.59 Å². The minimum Gasteiger partial charge on any atom is -0.339 e. The van der Waals surface area contributed by atoms with Gasteiger partial charge < -0.3 is 9.80 Å². The molecule has 4 heteroatoms. The first kappa shape index (κ1) is 16.6. The summed E-state index contributed by atoms with van der Waals surface area (Å²) in [7, 11) is 0. The van der Waals surface area contributed by atoms with E-state index in [0.717, 1.165) is 5.56 Å². The molecule has 0 unspecified atom stereocenters. The van der Waals surface area contributed by atoms with Gasteiger partial charge in [-0.1, -0.05) is 37.0 Å². The lowest BCUT2D eigenvalue weighted by Gasteiger charge is -2.34. The number of carbonyl (C=O) groups excluding carboxylic acids is 2. The first-order valence-corrected chi connectivity index (χ1v) is 8.86. The molecule has 1 aliphatic heterocycles. The fourth-order valence-corrected chi connectivity index (χ4v) is 3.48. The van der Waals surface area contributed by atoms with Crippen LogP contribution >= 0.6 is 0 Å². The molecule has 1 saturated heterocycles. The molecule has 0 N–H and O–H groups in total. The van der Waals surface area contributed by atoms with Gasteiger partial charge in [-0.25, -0.2) is 0 Å². The van der Waals surface area contributed by atoms with Crippen molar-refractivity contribution in [1.82, 2.24) is 9.80 Å². The summed E-state index contributed by atoms with van der Waals surface area (Å²) < 4.78 is 0. The molecule has 1 aromatic carbocycles. The second-order valence-corrected chi connectivity index (χ2v) is 6.64. The zero-order chi connectivity index (χ0) is 16.8. The average Bonchev–Trinajstić information content (AvgIpc) is 3.13. The fraction of sp³-hybridized carbons (Fsp3) is 0.500. The SMILES string of the molecule is O=C(C#Cc1ccccc1)N1CCN(C(=O)CC2CCCC2)CC1. The van der Waals surface area contributed by atoms with Gasteiger partial charge in [0.15, 0.2) is 0 Å². The molecule has 1 aromatic rings. The Bertz CT molecular complexity index is 631. The molecule has 4 nitrogen and oxygen atoms in total. The van der Waals surface area contributed by atoms with E-state index in [0.29, 0.717) is 38.5 Å². The molecule has 2 aliphatic rings. The van der Waals surface area contributed by atoms with E-state index < -0.39 is 0 Å². The third kappa shape index (κ3) is 4.38. The first-order valence-electron chi connectivity index (χ1n) is 8.86. The molecular formula is C20H24N2O2. The van der Waals surface area contributed by atoms with Crippen LogP contribution in [0.2, 0.25) is 0 Å². The van der Waals surface area contributed by atoms with Crippen molar-refractivity contribution in [1.29, 1.82) is 0 Å². The summed E-state index contributed by atoms with van der Waals surface area (Å²) in [6.45, 7) is 2.42. The predicted octanol–water partition coefficient (Wildman–Crippen LogP) is 2.29. The van der Waals surface area contributed by atoms with E-state index in [4.69, 9.17) is 0 Å². The largest absolute Gasteiger partial charge is 0.339 e. The van der Waals surface area contributed by atoms with E-state index >= 15 is 0 Å². The number of hydrogen-bond donors (Lipinski definition) is 0. The Kier molecular flexibility index (Phi) is 5.53. The van der Waals surface area contributed by atoms with E-state index in [1.54, 1.807) is 4.90 Å². The summed E-state index contributed by atoms with van der Waals surface area (Å²) in [5, 5.41) is 0. The Morgan fingerprint density at radius 3 is 2.25 bits per heavy atom. The smallest absolute Gasteiger partial charge is 0.298 e. The predicted molar refractivity (Wildman–Crippen MR) is 93.1 cm³/mol. The van der Waals surface area contributed by atoms with Gasteiger partial charge in [0.05, 0.1) is 0 Å². The monoisotopic (exact) mass is 324 g/mol. The van der Waals surface area contributed by atoms with Crippen LogP contribution in [0.3, 0.4) is 0 Å². The van der Waals surface area contributed by atoms with Crippen LogP contribution in [0.4, 0.5) is 0 Å². The average molecular weight is 324 g/mol. The Morgan fingerprint density at radius 1 is 0.958 bits per heavy atom. The maximum absolute atomic E-state index is 12.3. The quantitative estimate of drug-likeness (QED) is 0.783. The number of benzene rings is 1. The van der Waals surface area contributed by atoms with Gasteiger partial charge in [-0.05, 0) is 30.9 Å². The highest BCUT2D eigenvalue weighted by Gasteiger charge is 2.26. The molecule has 0 bridgehead atoms. The van der Waals surface area contributed by atoms with Gasteiger partial charge in [-0.15, -0.1) is 0 Å². The van der Waals surface area contributed by atoms with Crippen molar-refractivity contribution in [2.45, 2.75) is 32.1 Å². The zero-order valence-electron chi connectivity index (χ0n) is 14.0. The molecule has 2 amide bonds. The normalized spacial score (nSPS) is 18.2. The summed E-state index contributed by atoms with van der Waals surface area (Å²) in [5.74, 6) is 6.29. The van der Waals surface area contributed by atoms with Crippen molar-refractivity contribution >= 4 is 11.8 Å². The van der Waals surface area contributed by atoms with Gasteiger partial charge in [-0.2, -0.15) is 0 Å². The van der Waals surface area contributed by atoms with Gasteiger partial charge in [0.2, 0.25) is 5.91 Å². The van der Waals surface area contributed by atoms with Gasteiger partial charge in [0.1, 0.15) is 0 Å². The van der Waals surface area contributed by atoms with Crippen molar-refractivity contribution in [2.75, 3.05) is 26.2 Å². The van der Waals surface area contributed by atoms with Crippen LogP contribution in [0.15, 0.2) is 30.3 Å². The molecule has 0 spiro atoms. The van der Waals surface area contributed by atoms with Crippen LogP contribution in [0.5, 0.6) is 0 Å². The van der Waals surface area contributed by atoms with Gasteiger partial charge in [0.25, 0.3) is 5.91 Å². The minimum atomic E-state index is -0.151. The molecule has 1 saturated carbocycles. The summed E-state index contributed by atoms with van der Waals surface area (Å²) in [6.07, 6.45) is 5.60. The summed E-state index contributed by atoms with van der Waals surface area (Å²) in [5.41, 5.74) is 0.844. The van der Waals surface area contributed by atoms with E-state index in [1.165, 1.54) is 25.7 Å². The lowest BCUT2D eigenvalue weighted by atomic mass is 10.0. The molecule has 1 aliphatic carbocycles. The molecule has 2 fully saturated rings. The molecule has 0 radical (unpaired) electrons. The van der Waals surface area contributed by atoms with Crippen molar-refractivity contribution < 1.29 is 9.59 Å². The van der Waals surface area contributed by atoms with Crippen LogP contribution in [0.1, 0.15) is 37.7 Å². The molecule has 1 heterocycles. The van der Waals surface area contributed by atoms with Crippen LogP contribution in [-0.2, 0) is 9.59 Å². The molecule has 24 heavy (non-hydrogen) atoms. The maximum atomic E-state index is 12.3. The first-order chi connectivity index (χ1) is 11.7. The Labute approximate surface area is 143 Å². The maximum Gasteiger partial charge on any atom is 0.298 e. The van der Waals surface area contributed by atoms with Crippen LogP contribution in [0, 0.1) is 17.8 Å². The van der Waals surface area contributed by atoms with E-state index in [1.807, 2.05) is 35.2 Å². The highest BCUT2D eigenvalue weighted by molar-refractivity contribution is 5.94. The number of nitrogens with zero attached hydrogens (tertiary/aromatic N) is 2. The van der Waals surface area contributed by atoms with Crippen molar-refractivity contribution in [3.63, 3.8) is 0 Å². The van der Waals surface area contributed by atoms with E-state index in [2.05, 4.69) is 11.8 Å². The number of piperazine rings is 1. The molecule has 0 atom stereocenters. The third-order valence-corrected chi connectivity index (χ3v) is 4.95. The van der Waals surface area contributed by atoms with Crippen LogP contribution in [-0.4, -0.2) is 47.8 Å². The van der Waals surface area contributed by atoms with Crippen molar-refractivity contribution in [3.8, 4) is 11.8 Å². The van der Waals surface area contributed by atoms with Crippen LogP contribution in [0.25, 0.3) is 0 Å². The summed E-state index contributed by atoms with van der Waals surface area (Å²) in [4.78, 5) is 28.2. The summed E-state index contributed by atoms with van der Waals surface area (Å²) in [6, 6.07) is 9.51. The zero-order valence-corrected chi connectivity index (χ0v) is 14.0. The highest BCUT2D eigenvalue weighted by Crippen LogP contribution is 2.28. The number of amides is 2. The standard InChI is InChI=1S/C20H24N2O2/c23-19(11-10-17-6-2-1-3-7-17)21-12-14-22(15-13-21)20(24)16-18-8-4-5-9-18/h1-3,6-7,18H,4-5,8-9,12-16H2. The molecule has 126 valence electrons. The second-order valence-electron chi connectivity index (χ2n) is 6.64. The molecule has 3 rings (SSSR count). The second kappa shape index (κ2) is 8.01. The highest BCUT2D eigenvalue weighted by atomic mass is 16.2. The van der Waals surface area contributed by atoms with Gasteiger partial charge >= 0.3 is 0 Å². The van der Waals surface area contributed by atoms with Crippen LogP contribution < -0.4 is 0 Å².